The third kappa shape index (κ3) is 4.51. The highest BCUT2D eigenvalue weighted by atomic mass is 16.4. The van der Waals surface area contributed by atoms with Crippen LogP contribution < -0.4 is 5.73 Å². The molecule has 2 atom stereocenters. The number of primary amides is 1. The molecule has 1 aliphatic carbocycles. The van der Waals surface area contributed by atoms with E-state index in [0.29, 0.717) is 19.4 Å². The molecule has 2 amide bonds. The Morgan fingerprint density at radius 3 is 2.20 bits per heavy atom. The summed E-state index contributed by atoms with van der Waals surface area (Å²) in [6.07, 6.45) is 2.79. The van der Waals surface area contributed by atoms with Crippen molar-refractivity contribution < 1.29 is 19.5 Å². The summed E-state index contributed by atoms with van der Waals surface area (Å²) < 4.78 is 0. The van der Waals surface area contributed by atoms with Crippen LogP contribution in [0.5, 0.6) is 0 Å². The van der Waals surface area contributed by atoms with Crippen molar-refractivity contribution in [2.24, 2.45) is 23.5 Å². The average molecular weight is 284 g/mol. The molecule has 6 heteroatoms. The SMILES string of the molecule is CC(C)CN(CC(N)=O)C(=O)[C@@H]1CCCC[C@@H]1C(=O)O. The minimum atomic E-state index is -0.924. The van der Waals surface area contributed by atoms with Crippen molar-refractivity contribution in [1.29, 1.82) is 0 Å². The van der Waals surface area contributed by atoms with Gasteiger partial charge in [-0.2, -0.15) is 0 Å². The molecule has 3 N–H and O–H groups in total. The minimum Gasteiger partial charge on any atom is -0.481 e. The molecule has 0 heterocycles. The first kappa shape index (κ1) is 16.5. The second-order valence-corrected chi connectivity index (χ2v) is 5.91. The van der Waals surface area contributed by atoms with Crippen molar-refractivity contribution in [2.45, 2.75) is 39.5 Å². The van der Waals surface area contributed by atoms with Gasteiger partial charge in [-0.15, -0.1) is 0 Å². The van der Waals surface area contributed by atoms with Crippen molar-refractivity contribution in [3.05, 3.63) is 0 Å². The zero-order valence-corrected chi connectivity index (χ0v) is 12.2. The second kappa shape index (κ2) is 7.26. The lowest BCUT2D eigenvalue weighted by Crippen LogP contribution is -2.47. The number of nitrogens with zero attached hydrogens (tertiary/aromatic N) is 1. The van der Waals surface area contributed by atoms with Gasteiger partial charge >= 0.3 is 5.97 Å². The summed E-state index contributed by atoms with van der Waals surface area (Å²) in [7, 11) is 0. The largest absolute Gasteiger partial charge is 0.481 e. The number of amides is 2. The van der Waals surface area contributed by atoms with Gasteiger partial charge in [0, 0.05) is 6.54 Å². The van der Waals surface area contributed by atoms with Crippen LogP contribution in [0.2, 0.25) is 0 Å². The first-order valence-electron chi connectivity index (χ1n) is 7.12. The Kier molecular flexibility index (Phi) is 5.98. The van der Waals surface area contributed by atoms with Gasteiger partial charge in [0.2, 0.25) is 11.8 Å². The van der Waals surface area contributed by atoms with Crippen LogP contribution in [0, 0.1) is 17.8 Å². The van der Waals surface area contributed by atoms with Crippen LogP contribution in [0.15, 0.2) is 0 Å². The van der Waals surface area contributed by atoms with E-state index in [-0.39, 0.29) is 18.4 Å². The van der Waals surface area contributed by atoms with Crippen molar-refractivity contribution >= 4 is 17.8 Å². The molecule has 0 aromatic rings. The van der Waals surface area contributed by atoms with Crippen molar-refractivity contribution in [2.75, 3.05) is 13.1 Å². The Labute approximate surface area is 119 Å². The number of carbonyl (C=O) groups excluding carboxylic acids is 2. The number of carboxylic acids is 1. The van der Waals surface area contributed by atoms with Gasteiger partial charge < -0.3 is 15.7 Å². The molecule has 1 aliphatic rings. The Bertz CT molecular complexity index is 381. The number of hydrogen-bond donors (Lipinski definition) is 2. The maximum absolute atomic E-state index is 12.5. The van der Waals surface area contributed by atoms with E-state index < -0.39 is 23.7 Å². The quantitative estimate of drug-likeness (QED) is 0.755. The smallest absolute Gasteiger partial charge is 0.307 e. The highest BCUT2D eigenvalue weighted by molar-refractivity contribution is 5.88. The summed E-state index contributed by atoms with van der Waals surface area (Å²) in [5.74, 6) is -2.71. The molecule has 20 heavy (non-hydrogen) atoms. The van der Waals surface area contributed by atoms with Crippen molar-refractivity contribution in [1.82, 2.24) is 4.90 Å². The van der Waals surface area contributed by atoms with Gasteiger partial charge in [0.15, 0.2) is 0 Å². The molecular formula is C14H24N2O4. The van der Waals surface area contributed by atoms with Crippen LogP contribution in [-0.2, 0) is 14.4 Å². The fraction of sp³-hybridized carbons (Fsp3) is 0.786. The monoisotopic (exact) mass is 284 g/mol. The Morgan fingerprint density at radius 1 is 1.20 bits per heavy atom. The highest BCUT2D eigenvalue weighted by Gasteiger charge is 2.38. The Balaban J connectivity index is 2.84. The maximum atomic E-state index is 12.5. The predicted octanol–water partition coefficient (Wildman–Crippen LogP) is 0.847. The number of aliphatic carboxylic acids is 1. The summed E-state index contributed by atoms with van der Waals surface area (Å²) >= 11 is 0. The number of carboxylic acid groups (broad SMARTS) is 1. The van der Waals surface area contributed by atoms with Crippen LogP contribution in [-0.4, -0.2) is 40.9 Å². The highest BCUT2D eigenvalue weighted by Crippen LogP contribution is 2.31. The van der Waals surface area contributed by atoms with Crippen LogP contribution in [0.3, 0.4) is 0 Å². The van der Waals surface area contributed by atoms with E-state index in [4.69, 9.17) is 5.73 Å². The molecule has 1 rings (SSSR count). The Morgan fingerprint density at radius 2 is 1.75 bits per heavy atom. The summed E-state index contributed by atoms with van der Waals surface area (Å²) in [6, 6.07) is 0. The van der Waals surface area contributed by atoms with Crippen LogP contribution in [0.25, 0.3) is 0 Å². The number of rotatable bonds is 6. The first-order valence-corrected chi connectivity index (χ1v) is 7.12. The summed E-state index contributed by atoms with van der Waals surface area (Å²) in [5, 5.41) is 9.24. The number of hydrogen-bond acceptors (Lipinski definition) is 3. The molecule has 1 saturated carbocycles. The van der Waals surface area contributed by atoms with E-state index in [1.807, 2.05) is 13.8 Å². The predicted molar refractivity (Wildman–Crippen MR) is 73.7 cm³/mol. The van der Waals surface area contributed by atoms with Gasteiger partial charge in [0.1, 0.15) is 0 Å². The topological polar surface area (TPSA) is 101 Å². The lowest BCUT2D eigenvalue weighted by atomic mass is 9.78. The molecule has 0 unspecified atom stereocenters. The Hall–Kier alpha value is -1.59. The lowest BCUT2D eigenvalue weighted by Gasteiger charge is -2.33. The molecule has 6 nitrogen and oxygen atoms in total. The van der Waals surface area contributed by atoms with Crippen LogP contribution in [0.4, 0.5) is 0 Å². The second-order valence-electron chi connectivity index (χ2n) is 5.91. The molecule has 114 valence electrons. The molecule has 0 aliphatic heterocycles. The van der Waals surface area contributed by atoms with E-state index >= 15 is 0 Å². The summed E-state index contributed by atoms with van der Waals surface area (Å²) in [4.78, 5) is 36.3. The average Bonchev–Trinajstić information content (AvgIpc) is 2.36. The minimum absolute atomic E-state index is 0.139. The van der Waals surface area contributed by atoms with Gasteiger partial charge in [0.25, 0.3) is 0 Å². The van der Waals surface area contributed by atoms with Gasteiger partial charge in [-0.3, -0.25) is 14.4 Å². The van der Waals surface area contributed by atoms with E-state index in [9.17, 15) is 19.5 Å². The van der Waals surface area contributed by atoms with Gasteiger partial charge in [0.05, 0.1) is 18.4 Å². The molecule has 0 aromatic carbocycles. The van der Waals surface area contributed by atoms with E-state index in [1.165, 1.54) is 4.90 Å². The van der Waals surface area contributed by atoms with Gasteiger partial charge in [-0.25, -0.2) is 0 Å². The molecular weight excluding hydrogens is 260 g/mol. The van der Waals surface area contributed by atoms with E-state index in [0.717, 1.165) is 12.8 Å². The summed E-state index contributed by atoms with van der Waals surface area (Å²) in [6.45, 7) is 4.16. The zero-order valence-electron chi connectivity index (χ0n) is 12.2. The van der Waals surface area contributed by atoms with Crippen LogP contribution in [0.1, 0.15) is 39.5 Å². The van der Waals surface area contributed by atoms with Crippen molar-refractivity contribution in [3.63, 3.8) is 0 Å². The molecule has 0 spiro atoms. The fourth-order valence-electron chi connectivity index (χ4n) is 2.82. The normalized spacial score (nSPS) is 22.6. The molecule has 0 bridgehead atoms. The summed E-state index contributed by atoms with van der Waals surface area (Å²) in [5.41, 5.74) is 5.18. The maximum Gasteiger partial charge on any atom is 0.307 e. The first-order chi connectivity index (χ1) is 9.32. The molecule has 0 saturated heterocycles. The molecule has 0 aromatic heterocycles. The van der Waals surface area contributed by atoms with Gasteiger partial charge in [-0.05, 0) is 18.8 Å². The zero-order chi connectivity index (χ0) is 15.3. The standard InChI is InChI=1S/C14H24N2O4/c1-9(2)7-16(8-12(15)17)13(18)10-5-3-4-6-11(10)14(19)20/h9-11H,3-8H2,1-2H3,(H2,15,17)(H,19,20)/t10-,11+/m1/s1. The third-order valence-electron chi connectivity index (χ3n) is 3.64. The van der Waals surface area contributed by atoms with E-state index in [1.54, 1.807) is 0 Å². The number of carbonyl (C=O) groups is 3. The fourth-order valence-corrected chi connectivity index (χ4v) is 2.82. The molecule has 1 fully saturated rings. The van der Waals surface area contributed by atoms with E-state index in [2.05, 4.69) is 0 Å². The van der Waals surface area contributed by atoms with Gasteiger partial charge in [-0.1, -0.05) is 26.7 Å². The third-order valence-corrected chi connectivity index (χ3v) is 3.64. The molecule has 0 radical (unpaired) electrons. The lowest BCUT2D eigenvalue weighted by molar-refractivity contribution is -0.153. The van der Waals surface area contributed by atoms with Crippen molar-refractivity contribution in [3.8, 4) is 0 Å². The van der Waals surface area contributed by atoms with Crippen LogP contribution >= 0.6 is 0 Å². The number of nitrogens with two attached hydrogens (primary N) is 1.